The normalized spacial score (nSPS) is 21.2. The summed E-state index contributed by atoms with van der Waals surface area (Å²) in [5.41, 5.74) is -0.468. The number of ether oxygens (including phenoxy) is 1. The van der Waals surface area contributed by atoms with Crippen molar-refractivity contribution in [2.75, 3.05) is 19.6 Å². The van der Waals surface area contributed by atoms with Crippen LogP contribution < -0.4 is 16.0 Å². The van der Waals surface area contributed by atoms with Crippen molar-refractivity contribution in [1.29, 1.82) is 0 Å². The molecule has 1 aliphatic carbocycles. The molecule has 0 saturated heterocycles. The minimum atomic E-state index is -0.468. The quantitative estimate of drug-likeness (QED) is 0.383. The van der Waals surface area contributed by atoms with E-state index in [1.54, 1.807) is 0 Å². The van der Waals surface area contributed by atoms with Gasteiger partial charge in [-0.15, -0.1) is 0 Å². The van der Waals surface area contributed by atoms with Crippen molar-refractivity contribution in [2.24, 2.45) is 10.9 Å². The summed E-state index contributed by atoms with van der Waals surface area (Å²) >= 11 is 0. The Kier molecular flexibility index (Phi) is 7.48. The molecule has 1 fully saturated rings. The summed E-state index contributed by atoms with van der Waals surface area (Å²) in [5.74, 6) is 1.62. The summed E-state index contributed by atoms with van der Waals surface area (Å²) in [7, 11) is 0. The molecule has 0 spiro atoms. The Bertz CT molecular complexity index is 377. The molecular formula is C16H32N4O2. The first kappa shape index (κ1) is 18.6. The fraction of sp³-hybridized carbons (Fsp3) is 0.875. The number of guanidine groups is 1. The number of hydrogen-bond donors (Lipinski definition) is 3. The zero-order chi connectivity index (χ0) is 16.6. The van der Waals surface area contributed by atoms with E-state index >= 15 is 0 Å². The molecular weight excluding hydrogens is 280 g/mol. The molecule has 2 atom stereocenters. The van der Waals surface area contributed by atoms with Crippen LogP contribution in [0.1, 0.15) is 53.9 Å². The maximum atomic E-state index is 11.5. The number of nitrogens with one attached hydrogen (secondary N) is 3. The summed E-state index contributed by atoms with van der Waals surface area (Å²) in [6.45, 7) is 11.6. The number of carbonyl (C=O) groups is 1. The van der Waals surface area contributed by atoms with E-state index in [-0.39, 0.29) is 0 Å². The van der Waals surface area contributed by atoms with Crippen molar-refractivity contribution in [1.82, 2.24) is 16.0 Å². The molecule has 6 heteroatoms. The molecule has 0 radical (unpaired) electrons. The highest BCUT2D eigenvalue weighted by Gasteiger charge is 2.36. The van der Waals surface area contributed by atoms with Gasteiger partial charge in [-0.05, 0) is 46.5 Å². The molecule has 0 heterocycles. The SMILES string of the molecule is CCCC1CC1NC(=NCCNC(=O)OC(C)(C)C)NCC. The van der Waals surface area contributed by atoms with E-state index < -0.39 is 11.7 Å². The van der Waals surface area contributed by atoms with Crippen molar-refractivity contribution >= 4 is 12.1 Å². The Hall–Kier alpha value is -1.46. The van der Waals surface area contributed by atoms with Gasteiger partial charge in [0.25, 0.3) is 0 Å². The third-order valence-electron chi connectivity index (χ3n) is 3.30. The van der Waals surface area contributed by atoms with E-state index in [0.717, 1.165) is 18.4 Å². The van der Waals surface area contributed by atoms with E-state index in [4.69, 9.17) is 4.74 Å². The smallest absolute Gasteiger partial charge is 0.407 e. The average Bonchev–Trinajstić information content (AvgIpc) is 3.11. The maximum Gasteiger partial charge on any atom is 0.407 e. The topological polar surface area (TPSA) is 74.8 Å². The molecule has 6 nitrogen and oxygen atoms in total. The maximum absolute atomic E-state index is 11.5. The number of aliphatic imine (C=N–C) groups is 1. The van der Waals surface area contributed by atoms with E-state index in [9.17, 15) is 4.79 Å². The number of amides is 1. The number of carbonyl (C=O) groups excluding carboxylic acids is 1. The first-order valence-corrected chi connectivity index (χ1v) is 8.37. The summed E-state index contributed by atoms with van der Waals surface area (Å²) in [6.07, 6.45) is 3.34. The summed E-state index contributed by atoms with van der Waals surface area (Å²) in [6, 6.07) is 0.552. The summed E-state index contributed by atoms with van der Waals surface area (Å²) in [4.78, 5) is 16.0. The fourth-order valence-corrected chi connectivity index (χ4v) is 2.25. The Morgan fingerprint density at radius 1 is 1.27 bits per heavy atom. The molecule has 0 aromatic heterocycles. The van der Waals surface area contributed by atoms with Crippen molar-refractivity contribution < 1.29 is 9.53 Å². The van der Waals surface area contributed by atoms with Crippen LogP contribution in [0.3, 0.4) is 0 Å². The zero-order valence-corrected chi connectivity index (χ0v) is 14.7. The molecule has 0 aromatic carbocycles. The number of hydrogen-bond acceptors (Lipinski definition) is 3. The molecule has 1 aliphatic rings. The standard InChI is InChI=1S/C16H32N4O2/c1-6-8-12-11-13(12)20-14(17-7-2)18-9-10-19-15(21)22-16(3,4)5/h12-13H,6-11H2,1-5H3,(H,19,21)(H2,17,18,20). The Balaban J connectivity index is 2.26. The lowest BCUT2D eigenvalue weighted by molar-refractivity contribution is 0.0529. The molecule has 22 heavy (non-hydrogen) atoms. The third kappa shape index (κ3) is 8.10. The van der Waals surface area contributed by atoms with Crippen molar-refractivity contribution in [3.05, 3.63) is 0 Å². The molecule has 0 aliphatic heterocycles. The average molecular weight is 312 g/mol. The van der Waals surface area contributed by atoms with Crippen LogP contribution in [0.15, 0.2) is 4.99 Å². The summed E-state index contributed by atoms with van der Waals surface area (Å²) < 4.78 is 5.18. The van der Waals surface area contributed by atoms with Crippen molar-refractivity contribution in [3.8, 4) is 0 Å². The second kappa shape index (κ2) is 8.86. The van der Waals surface area contributed by atoms with Gasteiger partial charge in [0.15, 0.2) is 5.96 Å². The number of nitrogens with zero attached hydrogens (tertiary/aromatic N) is 1. The van der Waals surface area contributed by atoms with E-state index in [0.29, 0.717) is 19.1 Å². The van der Waals surface area contributed by atoms with Gasteiger partial charge >= 0.3 is 6.09 Å². The van der Waals surface area contributed by atoms with Crippen LogP contribution in [0.5, 0.6) is 0 Å². The predicted octanol–water partition coefficient (Wildman–Crippen LogP) is 2.25. The van der Waals surface area contributed by atoms with Gasteiger partial charge in [-0.25, -0.2) is 4.79 Å². The van der Waals surface area contributed by atoms with Crippen LogP contribution in [0, 0.1) is 5.92 Å². The van der Waals surface area contributed by atoms with Crippen LogP contribution in [-0.4, -0.2) is 43.3 Å². The van der Waals surface area contributed by atoms with Gasteiger partial charge in [0.2, 0.25) is 0 Å². The predicted molar refractivity (Wildman–Crippen MR) is 90.2 cm³/mol. The minimum Gasteiger partial charge on any atom is -0.444 e. The van der Waals surface area contributed by atoms with Gasteiger partial charge in [-0.3, -0.25) is 4.99 Å². The lowest BCUT2D eigenvalue weighted by Crippen LogP contribution is -2.40. The van der Waals surface area contributed by atoms with Crippen molar-refractivity contribution in [2.45, 2.75) is 65.5 Å². The van der Waals surface area contributed by atoms with E-state index in [1.165, 1.54) is 19.3 Å². The number of alkyl carbamates (subject to hydrolysis) is 1. The van der Waals surface area contributed by atoms with Crippen LogP contribution in [0.4, 0.5) is 4.79 Å². The Labute approximate surface area is 134 Å². The molecule has 1 rings (SSSR count). The van der Waals surface area contributed by atoms with Crippen LogP contribution in [-0.2, 0) is 4.74 Å². The van der Waals surface area contributed by atoms with E-state index in [1.807, 2.05) is 27.7 Å². The van der Waals surface area contributed by atoms with Gasteiger partial charge in [-0.1, -0.05) is 13.3 Å². The zero-order valence-electron chi connectivity index (χ0n) is 14.7. The Morgan fingerprint density at radius 2 is 2.00 bits per heavy atom. The van der Waals surface area contributed by atoms with Crippen LogP contribution in [0.2, 0.25) is 0 Å². The summed E-state index contributed by atoms with van der Waals surface area (Å²) in [5, 5.41) is 9.40. The second-order valence-corrected chi connectivity index (χ2v) is 6.72. The Morgan fingerprint density at radius 3 is 2.59 bits per heavy atom. The first-order chi connectivity index (χ1) is 10.4. The molecule has 1 amide bonds. The highest BCUT2D eigenvalue weighted by atomic mass is 16.6. The highest BCUT2D eigenvalue weighted by Crippen LogP contribution is 2.34. The van der Waals surface area contributed by atoms with Gasteiger partial charge in [0.05, 0.1) is 6.54 Å². The molecule has 1 saturated carbocycles. The highest BCUT2D eigenvalue weighted by molar-refractivity contribution is 5.80. The van der Waals surface area contributed by atoms with Crippen LogP contribution >= 0.6 is 0 Å². The van der Waals surface area contributed by atoms with Gasteiger partial charge in [-0.2, -0.15) is 0 Å². The molecule has 3 N–H and O–H groups in total. The van der Waals surface area contributed by atoms with Gasteiger partial charge < -0.3 is 20.7 Å². The molecule has 0 aromatic rings. The number of rotatable bonds is 7. The fourth-order valence-electron chi connectivity index (χ4n) is 2.25. The van der Waals surface area contributed by atoms with Crippen molar-refractivity contribution in [3.63, 3.8) is 0 Å². The second-order valence-electron chi connectivity index (χ2n) is 6.72. The monoisotopic (exact) mass is 312 g/mol. The van der Waals surface area contributed by atoms with E-state index in [2.05, 4.69) is 27.9 Å². The van der Waals surface area contributed by atoms with Crippen LogP contribution in [0.25, 0.3) is 0 Å². The minimum absolute atomic E-state index is 0.397. The molecule has 2 unspecified atom stereocenters. The largest absolute Gasteiger partial charge is 0.444 e. The first-order valence-electron chi connectivity index (χ1n) is 8.37. The molecule has 0 bridgehead atoms. The van der Waals surface area contributed by atoms with Gasteiger partial charge in [0.1, 0.15) is 5.60 Å². The lowest BCUT2D eigenvalue weighted by atomic mass is 10.2. The molecule has 128 valence electrons. The lowest BCUT2D eigenvalue weighted by Gasteiger charge is -2.19. The third-order valence-corrected chi connectivity index (χ3v) is 3.30. The van der Waals surface area contributed by atoms with Gasteiger partial charge in [0, 0.05) is 19.1 Å².